The average Bonchev–Trinajstić information content (AvgIpc) is 2.88. The molecule has 21 heavy (non-hydrogen) atoms. The molecule has 0 atom stereocenters. The Morgan fingerprint density at radius 1 is 1.33 bits per heavy atom. The van der Waals surface area contributed by atoms with E-state index in [-0.39, 0.29) is 35.1 Å². The van der Waals surface area contributed by atoms with Gasteiger partial charge in [-0.25, -0.2) is 8.42 Å². The molecule has 122 valence electrons. The van der Waals surface area contributed by atoms with Gasteiger partial charge in [0, 0.05) is 30.8 Å². The zero-order chi connectivity index (χ0) is 14.6. The van der Waals surface area contributed by atoms with Crippen molar-refractivity contribution in [2.75, 3.05) is 25.1 Å². The van der Waals surface area contributed by atoms with Crippen LogP contribution in [0.1, 0.15) is 32.6 Å². The Hall–Kier alpha value is -0.310. The van der Waals surface area contributed by atoms with E-state index in [0.29, 0.717) is 12.6 Å². The van der Waals surface area contributed by atoms with Gasteiger partial charge in [-0.05, 0) is 32.6 Å². The van der Waals surface area contributed by atoms with E-state index in [1.54, 1.807) is 0 Å². The highest BCUT2D eigenvalue weighted by Gasteiger charge is 2.45. The minimum absolute atomic E-state index is 0. The van der Waals surface area contributed by atoms with Gasteiger partial charge in [0.25, 0.3) is 0 Å². The van der Waals surface area contributed by atoms with Gasteiger partial charge in [0.2, 0.25) is 0 Å². The molecule has 0 spiro atoms. The maximum atomic E-state index is 11.4. The van der Waals surface area contributed by atoms with Crippen molar-refractivity contribution in [3.05, 3.63) is 12.2 Å². The van der Waals surface area contributed by atoms with Gasteiger partial charge in [0.05, 0.1) is 5.75 Å². The van der Waals surface area contributed by atoms with Crippen molar-refractivity contribution in [1.82, 2.24) is 10.6 Å². The van der Waals surface area contributed by atoms with E-state index < -0.39 is 9.84 Å². The van der Waals surface area contributed by atoms with Gasteiger partial charge < -0.3 is 10.6 Å². The highest BCUT2D eigenvalue weighted by Crippen LogP contribution is 2.46. The SMILES string of the molecule is CCNC(=NCC1(CS(C)(=O)=O)CC1)NC1CC=CC1.I. The Bertz CT molecular complexity index is 490. The second-order valence-corrected chi connectivity index (χ2v) is 8.19. The first-order valence-corrected chi connectivity index (χ1v) is 9.36. The predicted molar refractivity (Wildman–Crippen MR) is 98.1 cm³/mol. The molecule has 0 aliphatic heterocycles. The first-order chi connectivity index (χ1) is 9.42. The van der Waals surface area contributed by atoms with Gasteiger partial charge in [0.15, 0.2) is 5.96 Å². The third-order valence-electron chi connectivity index (χ3n) is 3.79. The molecule has 0 heterocycles. The van der Waals surface area contributed by atoms with Crippen LogP contribution in [-0.4, -0.2) is 45.5 Å². The van der Waals surface area contributed by atoms with Crippen LogP contribution in [0, 0.1) is 5.41 Å². The van der Waals surface area contributed by atoms with Crippen molar-refractivity contribution < 1.29 is 8.42 Å². The summed E-state index contributed by atoms with van der Waals surface area (Å²) < 4.78 is 22.9. The number of nitrogens with one attached hydrogen (secondary N) is 2. The molecule has 0 aromatic rings. The van der Waals surface area contributed by atoms with Crippen molar-refractivity contribution in [2.45, 2.75) is 38.6 Å². The molecule has 2 aliphatic carbocycles. The molecule has 1 fully saturated rings. The summed E-state index contributed by atoms with van der Waals surface area (Å²) in [5, 5.41) is 6.64. The van der Waals surface area contributed by atoms with Crippen LogP contribution in [0.15, 0.2) is 17.1 Å². The van der Waals surface area contributed by atoms with E-state index in [1.165, 1.54) is 6.26 Å². The second-order valence-electron chi connectivity index (χ2n) is 6.05. The maximum Gasteiger partial charge on any atom is 0.191 e. The Kier molecular flexibility index (Phi) is 6.96. The normalized spacial score (nSPS) is 21.0. The number of rotatable bonds is 6. The van der Waals surface area contributed by atoms with E-state index in [4.69, 9.17) is 0 Å². The summed E-state index contributed by atoms with van der Waals surface area (Å²) in [5.74, 6) is 1.06. The van der Waals surface area contributed by atoms with Crippen LogP contribution < -0.4 is 10.6 Å². The van der Waals surface area contributed by atoms with Gasteiger partial charge in [-0.1, -0.05) is 12.2 Å². The topological polar surface area (TPSA) is 70.6 Å². The van der Waals surface area contributed by atoms with Crippen molar-refractivity contribution in [2.24, 2.45) is 10.4 Å². The lowest BCUT2D eigenvalue weighted by Crippen LogP contribution is -2.43. The van der Waals surface area contributed by atoms with Crippen molar-refractivity contribution in [3.8, 4) is 0 Å². The van der Waals surface area contributed by atoms with Gasteiger partial charge in [-0.15, -0.1) is 24.0 Å². The zero-order valence-electron chi connectivity index (χ0n) is 12.8. The molecule has 0 radical (unpaired) electrons. The highest BCUT2D eigenvalue weighted by atomic mass is 127. The van der Waals surface area contributed by atoms with Gasteiger partial charge >= 0.3 is 0 Å². The first kappa shape index (κ1) is 18.7. The van der Waals surface area contributed by atoms with Crippen LogP contribution in [-0.2, 0) is 9.84 Å². The summed E-state index contributed by atoms with van der Waals surface area (Å²) in [7, 11) is -2.92. The largest absolute Gasteiger partial charge is 0.357 e. The van der Waals surface area contributed by atoms with Gasteiger partial charge in [-0.2, -0.15) is 0 Å². The van der Waals surface area contributed by atoms with E-state index in [2.05, 4.69) is 27.8 Å². The lowest BCUT2D eigenvalue weighted by molar-refractivity contribution is 0.547. The molecule has 2 rings (SSSR count). The molecular formula is C14H26IN3O2S. The summed E-state index contributed by atoms with van der Waals surface area (Å²) in [6, 6.07) is 0.415. The number of halogens is 1. The fraction of sp³-hybridized carbons (Fsp3) is 0.786. The molecule has 7 heteroatoms. The number of aliphatic imine (C=N–C) groups is 1. The van der Waals surface area contributed by atoms with Crippen LogP contribution in [0.4, 0.5) is 0 Å². The number of hydrogen-bond acceptors (Lipinski definition) is 3. The lowest BCUT2D eigenvalue weighted by atomic mass is 10.1. The molecule has 0 amide bonds. The number of sulfone groups is 1. The Morgan fingerprint density at radius 3 is 2.43 bits per heavy atom. The number of guanidine groups is 1. The van der Waals surface area contributed by atoms with Crippen molar-refractivity contribution >= 4 is 39.8 Å². The van der Waals surface area contributed by atoms with Crippen molar-refractivity contribution in [1.29, 1.82) is 0 Å². The van der Waals surface area contributed by atoms with Gasteiger partial charge in [-0.3, -0.25) is 4.99 Å². The molecule has 0 bridgehead atoms. The Labute approximate surface area is 145 Å². The van der Waals surface area contributed by atoms with E-state index in [0.717, 1.165) is 38.2 Å². The van der Waals surface area contributed by atoms with Crippen LogP contribution in [0.3, 0.4) is 0 Å². The number of hydrogen-bond donors (Lipinski definition) is 2. The molecule has 0 aromatic carbocycles. The third-order valence-corrected chi connectivity index (χ3v) is 4.93. The minimum atomic E-state index is -2.92. The smallest absolute Gasteiger partial charge is 0.191 e. The van der Waals surface area contributed by atoms with Gasteiger partial charge in [0.1, 0.15) is 9.84 Å². The van der Waals surface area contributed by atoms with Crippen molar-refractivity contribution in [3.63, 3.8) is 0 Å². The maximum absolute atomic E-state index is 11.4. The third kappa shape index (κ3) is 6.54. The molecule has 2 aliphatic rings. The molecular weight excluding hydrogens is 401 g/mol. The van der Waals surface area contributed by atoms with Crippen LogP contribution in [0.25, 0.3) is 0 Å². The van der Waals surface area contributed by atoms with Crippen LogP contribution >= 0.6 is 24.0 Å². The van der Waals surface area contributed by atoms with Crippen LogP contribution in [0.5, 0.6) is 0 Å². The van der Waals surface area contributed by atoms with Crippen LogP contribution in [0.2, 0.25) is 0 Å². The molecule has 0 saturated heterocycles. The molecule has 1 saturated carbocycles. The summed E-state index contributed by atoms with van der Waals surface area (Å²) in [6.45, 7) is 3.44. The summed E-state index contributed by atoms with van der Waals surface area (Å²) in [5.41, 5.74) is -0.107. The predicted octanol–water partition coefficient (Wildman–Crippen LogP) is 1.70. The minimum Gasteiger partial charge on any atom is -0.357 e. The fourth-order valence-corrected chi connectivity index (χ4v) is 4.07. The van der Waals surface area contributed by atoms with E-state index in [1.807, 2.05) is 6.92 Å². The molecule has 5 nitrogen and oxygen atoms in total. The lowest BCUT2D eigenvalue weighted by Gasteiger charge is -2.18. The monoisotopic (exact) mass is 427 g/mol. The molecule has 2 N–H and O–H groups in total. The Morgan fingerprint density at radius 2 is 1.95 bits per heavy atom. The molecule has 0 unspecified atom stereocenters. The summed E-state index contributed by atoms with van der Waals surface area (Å²) >= 11 is 0. The fourth-order valence-electron chi connectivity index (χ4n) is 2.58. The summed E-state index contributed by atoms with van der Waals surface area (Å²) in [6.07, 6.45) is 9.64. The standard InChI is InChI=1S/C14H25N3O2S.HI/c1-3-15-13(17-12-6-4-5-7-12)16-10-14(8-9-14)11-20(2,18)19;/h4-5,12H,3,6-11H2,1-2H3,(H2,15,16,17);1H. The summed E-state index contributed by atoms with van der Waals surface area (Å²) in [4.78, 5) is 4.60. The Balaban J connectivity index is 0.00000220. The molecule has 0 aromatic heterocycles. The average molecular weight is 427 g/mol. The van der Waals surface area contributed by atoms with E-state index in [9.17, 15) is 8.42 Å². The first-order valence-electron chi connectivity index (χ1n) is 7.30. The highest BCUT2D eigenvalue weighted by molar-refractivity contribution is 14.0. The zero-order valence-corrected chi connectivity index (χ0v) is 15.9. The second kappa shape index (κ2) is 7.80. The quantitative estimate of drug-likeness (QED) is 0.293. The van der Waals surface area contributed by atoms with E-state index >= 15 is 0 Å². The number of nitrogens with zero attached hydrogens (tertiary/aromatic N) is 1.